The van der Waals surface area contributed by atoms with Crippen LogP contribution in [0.25, 0.3) is 0 Å². The summed E-state index contributed by atoms with van der Waals surface area (Å²) < 4.78 is 44.4. The summed E-state index contributed by atoms with van der Waals surface area (Å²) in [6.07, 6.45) is -3.92. The predicted octanol–water partition coefficient (Wildman–Crippen LogP) is -0.298. The van der Waals surface area contributed by atoms with Crippen LogP contribution in [0.4, 0.5) is 23.7 Å². The van der Waals surface area contributed by atoms with E-state index in [-0.39, 0.29) is 5.69 Å². The van der Waals surface area contributed by atoms with Crippen LogP contribution in [0.3, 0.4) is 0 Å². The average molecular weight is 348 g/mol. The highest BCUT2D eigenvalue weighted by atomic mass is 19.4. The maximum absolute atomic E-state index is 13.2. The molecule has 0 aliphatic heterocycles. The molecule has 0 saturated heterocycles. The average Bonchev–Trinajstić information content (AvgIpc) is 2.55. The number of nitrogens with two attached hydrogens (primary N) is 4. The van der Waals surface area contributed by atoms with Gasteiger partial charge in [-0.3, -0.25) is 5.43 Å². The second kappa shape index (κ2) is 7.98. The molecule has 2 amide bonds. The van der Waals surface area contributed by atoms with Gasteiger partial charge >= 0.3 is 18.2 Å². The first-order valence-corrected chi connectivity index (χ1v) is 6.16. The van der Waals surface area contributed by atoms with Crippen LogP contribution in [0.1, 0.15) is 11.1 Å². The fraction of sp³-hybridized carbons (Fsp3) is 0.182. The van der Waals surface area contributed by atoms with Gasteiger partial charge in [-0.1, -0.05) is 11.2 Å². The van der Waals surface area contributed by atoms with Gasteiger partial charge in [0.25, 0.3) is 0 Å². The number of nitrogens with one attached hydrogen (secondary N) is 1. The number of ether oxygens (including phenoxy) is 1. The maximum atomic E-state index is 13.2. The molecule has 0 atom stereocenters. The number of carbonyl (C=O) groups is 1. The number of hydrazine groups is 2. The first kappa shape index (κ1) is 19.0. The Bertz CT molecular complexity index is 647. The van der Waals surface area contributed by atoms with E-state index in [0.29, 0.717) is 5.01 Å². The zero-order chi connectivity index (χ0) is 18.3. The molecule has 132 valence electrons. The number of hydrogen-bond donors (Lipinski definition) is 5. The number of urea groups is 1. The Labute approximate surface area is 133 Å². The van der Waals surface area contributed by atoms with E-state index in [4.69, 9.17) is 27.9 Å². The van der Waals surface area contributed by atoms with Crippen LogP contribution >= 0.6 is 0 Å². The van der Waals surface area contributed by atoms with Crippen molar-refractivity contribution in [3.8, 4) is 0 Å². The molecule has 0 fully saturated rings. The third kappa shape index (κ3) is 4.72. The molecule has 1 aromatic rings. The minimum absolute atomic E-state index is 0.289. The van der Waals surface area contributed by atoms with Crippen molar-refractivity contribution < 1.29 is 22.7 Å². The smallest absolute Gasteiger partial charge is 0.416 e. The fourth-order valence-electron chi connectivity index (χ4n) is 1.66. The number of hydrogen-bond acceptors (Lipinski definition) is 6. The zero-order valence-corrected chi connectivity index (χ0v) is 12.1. The quantitative estimate of drug-likeness (QED) is 0.164. The fourth-order valence-corrected chi connectivity index (χ4v) is 1.66. The lowest BCUT2D eigenvalue weighted by Gasteiger charge is -2.22. The summed E-state index contributed by atoms with van der Waals surface area (Å²) in [5.41, 5.74) is 10.1. The van der Waals surface area contributed by atoms with E-state index in [1.807, 2.05) is 0 Å². The molecule has 0 radical (unpaired) electrons. The monoisotopic (exact) mass is 348 g/mol. The number of carbonyl (C=O) groups excluding carboxylic acids is 1. The molecular formula is C11H15F3N8O2. The summed E-state index contributed by atoms with van der Waals surface area (Å²) in [4.78, 5) is 11.5. The maximum Gasteiger partial charge on any atom is 0.416 e. The third-order valence-electron chi connectivity index (χ3n) is 2.65. The topological polar surface area (TPSA) is 170 Å². The molecule has 9 N–H and O–H groups in total. The summed E-state index contributed by atoms with van der Waals surface area (Å²) in [6.45, 7) is -0.688. The Kier molecular flexibility index (Phi) is 6.31. The summed E-state index contributed by atoms with van der Waals surface area (Å²) >= 11 is 0. The van der Waals surface area contributed by atoms with E-state index in [1.54, 1.807) is 5.43 Å². The molecule has 0 aliphatic rings. The Morgan fingerprint density at radius 2 is 2.08 bits per heavy atom. The molecule has 13 heteroatoms. The van der Waals surface area contributed by atoms with Crippen molar-refractivity contribution >= 4 is 24.1 Å². The molecule has 0 heterocycles. The highest BCUT2D eigenvalue weighted by Gasteiger charge is 2.35. The van der Waals surface area contributed by atoms with E-state index >= 15 is 0 Å². The molecular weight excluding hydrogens is 333 g/mol. The van der Waals surface area contributed by atoms with Crippen LogP contribution in [-0.4, -0.2) is 18.4 Å². The second-order valence-electron chi connectivity index (χ2n) is 4.11. The van der Waals surface area contributed by atoms with Gasteiger partial charge in [-0.15, -0.1) is 5.10 Å². The lowest BCUT2D eigenvalue weighted by Crippen LogP contribution is -2.48. The minimum Gasteiger partial charge on any atom is -0.459 e. The normalized spacial score (nSPS) is 12.3. The van der Waals surface area contributed by atoms with Gasteiger partial charge in [-0.25, -0.2) is 21.5 Å². The Morgan fingerprint density at radius 3 is 2.62 bits per heavy atom. The second-order valence-corrected chi connectivity index (χ2v) is 4.11. The third-order valence-corrected chi connectivity index (χ3v) is 2.65. The molecule has 0 unspecified atom stereocenters. The van der Waals surface area contributed by atoms with Gasteiger partial charge in [0, 0.05) is 5.56 Å². The number of amides is 2. The van der Waals surface area contributed by atoms with E-state index in [1.165, 1.54) is 6.07 Å². The Morgan fingerprint density at radius 1 is 1.42 bits per heavy atom. The molecule has 0 aliphatic carbocycles. The van der Waals surface area contributed by atoms with E-state index in [0.717, 1.165) is 18.5 Å². The van der Waals surface area contributed by atoms with Gasteiger partial charge in [-0.05, 0) is 12.1 Å². The van der Waals surface area contributed by atoms with Gasteiger partial charge in [0.05, 0.1) is 11.3 Å². The zero-order valence-electron chi connectivity index (χ0n) is 12.1. The van der Waals surface area contributed by atoms with E-state index in [2.05, 4.69) is 10.2 Å². The molecule has 0 aromatic heterocycles. The van der Waals surface area contributed by atoms with Crippen LogP contribution in [0, 0.1) is 0 Å². The summed E-state index contributed by atoms with van der Waals surface area (Å²) in [5, 5.41) is 6.88. The number of alkyl halides is 3. The largest absolute Gasteiger partial charge is 0.459 e. The van der Waals surface area contributed by atoms with Crippen molar-refractivity contribution in [2.45, 2.75) is 12.8 Å². The molecule has 0 bridgehead atoms. The first-order valence-electron chi connectivity index (χ1n) is 6.16. The lowest BCUT2D eigenvalue weighted by atomic mass is 10.1. The molecule has 1 aromatic carbocycles. The number of anilines is 1. The van der Waals surface area contributed by atoms with E-state index in [9.17, 15) is 18.0 Å². The molecule has 0 spiro atoms. The number of benzene rings is 1. The van der Waals surface area contributed by atoms with Crippen molar-refractivity contribution in [2.24, 2.45) is 33.4 Å². The van der Waals surface area contributed by atoms with Gasteiger partial charge in [0.2, 0.25) is 0 Å². The predicted molar refractivity (Wildman–Crippen MR) is 79.9 cm³/mol. The van der Waals surface area contributed by atoms with Gasteiger partial charge in [0.1, 0.15) is 12.9 Å². The number of nitrogens with zero attached hydrogens (tertiary/aromatic N) is 3. The van der Waals surface area contributed by atoms with Crippen LogP contribution in [0.2, 0.25) is 0 Å². The van der Waals surface area contributed by atoms with Crippen molar-refractivity contribution in [1.82, 2.24) is 5.43 Å². The van der Waals surface area contributed by atoms with Crippen LogP contribution < -0.4 is 33.6 Å². The van der Waals surface area contributed by atoms with Crippen molar-refractivity contribution in [3.05, 3.63) is 29.3 Å². The van der Waals surface area contributed by atoms with Gasteiger partial charge in [-0.2, -0.15) is 13.2 Å². The van der Waals surface area contributed by atoms with Crippen molar-refractivity contribution in [1.29, 1.82) is 0 Å². The molecule has 24 heavy (non-hydrogen) atoms. The molecule has 0 saturated carbocycles. The summed E-state index contributed by atoms with van der Waals surface area (Å²) in [6, 6.07) is 1.47. The number of halogens is 3. The number of rotatable bonds is 4. The van der Waals surface area contributed by atoms with Crippen LogP contribution in [0.5, 0.6) is 0 Å². The number of amidine groups is 1. The van der Waals surface area contributed by atoms with Crippen molar-refractivity contribution in [3.63, 3.8) is 0 Å². The highest BCUT2D eigenvalue weighted by Crippen LogP contribution is 2.36. The molecule has 1 rings (SSSR count). The van der Waals surface area contributed by atoms with E-state index < -0.39 is 36.0 Å². The highest BCUT2D eigenvalue weighted by molar-refractivity contribution is 5.91. The van der Waals surface area contributed by atoms with Crippen molar-refractivity contribution in [2.75, 3.05) is 5.01 Å². The van der Waals surface area contributed by atoms with Gasteiger partial charge in [0.15, 0.2) is 0 Å². The standard InChI is InChI=1S/C11H15F3N8O2/c12-11(13,14)7-2-1-3-8(22(18)10(23)20-17)6(7)4-24-9(16)21-19-5-15/h1-3,5H,4,17-18H2,(H2,15,19)(H2,16,21)(H,20,23). The molecule has 10 nitrogen and oxygen atoms in total. The van der Waals surface area contributed by atoms with Crippen LogP contribution in [-0.2, 0) is 17.5 Å². The summed E-state index contributed by atoms with van der Waals surface area (Å²) in [7, 11) is 0. The first-order chi connectivity index (χ1) is 11.2. The Hall–Kier alpha value is -3.06. The van der Waals surface area contributed by atoms with Crippen LogP contribution in [0.15, 0.2) is 28.4 Å². The summed E-state index contributed by atoms with van der Waals surface area (Å²) in [5.74, 6) is 10.4. The SMILES string of the molecule is N/C=N\N=C(/N)OCc1c(N(N)C(=O)NN)cccc1C(F)(F)F. The minimum atomic E-state index is -4.73. The lowest BCUT2D eigenvalue weighted by molar-refractivity contribution is -0.138. The van der Waals surface area contributed by atoms with Gasteiger partial charge < -0.3 is 16.2 Å². The Balaban J connectivity index is 3.28.